The predicted molar refractivity (Wildman–Crippen MR) is 82.7 cm³/mol. The van der Waals surface area contributed by atoms with Gasteiger partial charge in [0.2, 0.25) is 0 Å². The Morgan fingerprint density at radius 2 is 2.18 bits per heavy atom. The molecule has 2 heterocycles. The van der Waals surface area contributed by atoms with Gasteiger partial charge >= 0.3 is 0 Å². The Labute approximate surface area is 130 Å². The molecule has 0 fully saturated rings. The number of ether oxygens (including phenoxy) is 2. The van der Waals surface area contributed by atoms with Crippen molar-refractivity contribution in [3.8, 4) is 5.75 Å². The average molecular weight is 302 g/mol. The number of hydrogen-bond acceptors (Lipinski definition) is 5. The first-order valence-corrected chi connectivity index (χ1v) is 7.46. The molecule has 0 radical (unpaired) electrons. The normalized spacial score (nSPS) is 18.2. The summed E-state index contributed by atoms with van der Waals surface area (Å²) in [4.78, 5) is 2.42. The summed E-state index contributed by atoms with van der Waals surface area (Å²) in [5.41, 5.74) is 3.43. The van der Waals surface area contributed by atoms with Gasteiger partial charge in [-0.2, -0.15) is 0 Å². The number of benzene rings is 1. The van der Waals surface area contributed by atoms with Crippen LogP contribution >= 0.6 is 0 Å². The quantitative estimate of drug-likeness (QED) is 0.840. The Balaban J connectivity index is 1.82. The third kappa shape index (κ3) is 2.98. The molecule has 0 amide bonds. The largest absolute Gasteiger partial charge is 0.497 e. The molecule has 0 saturated carbocycles. The Bertz CT molecular complexity index is 641. The molecule has 118 valence electrons. The molecule has 2 aromatic rings. The van der Waals surface area contributed by atoms with Crippen LogP contribution < -0.4 is 4.74 Å². The Kier molecular flexibility index (Phi) is 4.40. The van der Waals surface area contributed by atoms with Crippen molar-refractivity contribution in [3.63, 3.8) is 0 Å². The van der Waals surface area contributed by atoms with E-state index < -0.39 is 0 Å². The Hall–Kier alpha value is -1.92. The van der Waals surface area contributed by atoms with E-state index in [1.54, 1.807) is 14.2 Å². The first kappa shape index (κ1) is 15.0. The summed E-state index contributed by atoms with van der Waals surface area (Å²) in [6.07, 6.45) is 0. The van der Waals surface area contributed by atoms with Crippen LogP contribution in [0.1, 0.15) is 17.0 Å². The Morgan fingerprint density at radius 1 is 1.32 bits per heavy atom. The second-order valence-electron chi connectivity index (χ2n) is 5.67. The van der Waals surface area contributed by atoms with E-state index in [9.17, 15) is 0 Å². The van der Waals surface area contributed by atoms with Crippen molar-refractivity contribution in [3.05, 3.63) is 41.2 Å². The van der Waals surface area contributed by atoms with Gasteiger partial charge in [0.15, 0.2) is 0 Å². The molecule has 1 atom stereocenters. The minimum atomic E-state index is 0.296. The van der Waals surface area contributed by atoms with Crippen LogP contribution in [0.4, 0.5) is 0 Å². The molecule has 0 N–H and O–H groups in total. The van der Waals surface area contributed by atoms with Gasteiger partial charge in [0.1, 0.15) is 5.75 Å². The van der Waals surface area contributed by atoms with E-state index in [2.05, 4.69) is 27.3 Å². The van der Waals surface area contributed by atoms with E-state index in [4.69, 9.17) is 9.47 Å². The van der Waals surface area contributed by atoms with Crippen LogP contribution in [0, 0.1) is 6.92 Å². The predicted octanol–water partition coefficient (Wildman–Crippen LogP) is 1.63. The zero-order chi connectivity index (χ0) is 15.5. The summed E-state index contributed by atoms with van der Waals surface area (Å²) in [6, 6.07) is 8.50. The topological polar surface area (TPSA) is 52.4 Å². The number of nitrogens with zero attached hydrogens (tertiary/aromatic N) is 4. The fourth-order valence-electron chi connectivity index (χ4n) is 2.94. The van der Waals surface area contributed by atoms with Crippen molar-refractivity contribution in [2.24, 2.45) is 0 Å². The maximum absolute atomic E-state index is 5.39. The van der Waals surface area contributed by atoms with Gasteiger partial charge in [0.25, 0.3) is 0 Å². The van der Waals surface area contributed by atoms with Crippen molar-refractivity contribution >= 4 is 0 Å². The van der Waals surface area contributed by atoms with Gasteiger partial charge < -0.3 is 9.47 Å². The lowest BCUT2D eigenvalue weighted by molar-refractivity contribution is 0.0500. The maximum Gasteiger partial charge on any atom is 0.119 e. The highest BCUT2D eigenvalue weighted by Gasteiger charge is 2.28. The fraction of sp³-hybridized carbons (Fsp3) is 0.500. The fourth-order valence-corrected chi connectivity index (χ4v) is 2.94. The van der Waals surface area contributed by atoms with E-state index in [1.807, 2.05) is 23.7 Å². The summed E-state index contributed by atoms with van der Waals surface area (Å²) in [5.74, 6) is 0.890. The van der Waals surface area contributed by atoms with E-state index in [1.165, 1.54) is 11.3 Å². The molecular weight excluding hydrogens is 280 g/mol. The molecule has 22 heavy (non-hydrogen) atoms. The van der Waals surface area contributed by atoms with E-state index in [-0.39, 0.29) is 0 Å². The second kappa shape index (κ2) is 6.46. The van der Waals surface area contributed by atoms with E-state index >= 15 is 0 Å². The van der Waals surface area contributed by atoms with Crippen molar-refractivity contribution < 1.29 is 9.47 Å². The molecule has 0 aliphatic carbocycles. The van der Waals surface area contributed by atoms with Crippen LogP contribution in [0.2, 0.25) is 0 Å². The smallest absolute Gasteiger partial charge is 0.119 e. The monoisotopic (exact) mass is 302 g/mol. The van der Waals surface area contributed by atoms with Crippen LogP contribution in [-0.2, 0) is 24.4 Å². The highest BCUT2D eigenvalue weighted by molar-refractivity contribution is 5.28. The number of hydrogen-bond donors (Lipinski definition) is 0. The summed E-state index contributed by atoms with van der Waals surface area (Å²) >= 11 is 0. The van der Waals surface area contributed by atoms with Crippen molar-refractivity contribution in [2.45, 2.75) is 32.6 Å². The molecular formula is C16H22N4O2. The van der Waals surface area contributed by atoms with Gasteiger partial charge in [-0.15, -0.1) is 5.10 Å². The van der Waals surface area contributed by atoms with Crippen LogP contribution in [0.25, 0.3) is 0 Å². The average Bonchev–Trinajstić information content (AvgIpc) is 2.89. The SMILES string of the molecule is COCC1Cn2nnc(C)c2CN1Cc1cccc(OC)c1. The molecule has 0 bridgehead atoms. The summed E-state index contributed by atoms with van der Waals surface area (Å²) < 4.78 is 12.7. The van der Waals surface area contributed by atoms with Gasteiger partial charge in [0.05, 0.1) is 37.7 Å². The molecule has 0 saturated heterocycles. The molecule has 1 aromatic heterocycles. The lowest BCUT2D eigenvalue weighted by Crippen LogP contribution is -2.45. The van der Waals surface area contributed by atoms with Gasteiger partial charge in [-0.3, -0.25) is 4.90 Å². The minimum Gasteiger partial charge on any atom is -0.497 e. The summed E-state index contributed by atoms with van der Waals surface area (Å²) in [5, 5.41) is 8.41. The van der Waals surface area contributed by atoms with E-state index in [0.29, 0.717) is 12.6 Å². The lowest BCUT2D eigenvalue weighted by atomic mass is 10.1. The third-order valence-corrected chi connectivity index (χ3v) is 4.16. The number of fused-ring (bicyclic) bond motifs is 1. The summed E-state index contributed by atoms with van der Waals surface area (Å²) in [6.45, 7) is 5.20. The number of rotatable bonds is 5. The Morgan fingerprint density at radius 3 is 2.95 bits per heavy atom. The van der Waals surface area contributed by atoms with Crippen molar-refractivity contribution in [1.29, 1.82) is 0 Å². The zero-order valence-corrected chi connectivity index (χ0v) is 13.3. The molecule has 6 nitrogen and oxygen atoms in total. The van der Waals surface area contributed by atoms with Gasteiger partial charge in [0, 0.05) is 20.2 Å². The summed E-state index contributed by atoms with van der Waals surface area (Å²) in [7, 11) is 3.44. The molecule has 0 spiro atoms. The number of aromatic nitrogens is 3. The molecule has 6 heteroatoms. The number of methoxy groups -OCH3 is 2. The van der Waals surface area contributed by atoms with Crippen molar-refractivity contribution in [2.75, 3.05) is 20.8 Å². The van der Waals surface area contributed by atoms with Crippen LogP contribution in [0.15, 0.2) is 24.3 Å². The van der Waals surface area contributed by atoms with Crippen molar-refractivity contribution in [1.82, 2.24) is 19.9 Å². The number of aryl methyl sites for hydroxylation is 1. The van der Waals surface area contributed by atoms with Gasteiger partial charge in [-0.1, -0.05) is 17.3 Å². The molecule has 3 rings (SSSR count). The molecule has 1 aliphatic rings. The van der Waals surface area contributed by atoms with Gasteiger partial charge in [-0.05, 0) is 24.6 Å². The second-order valence-corrected chi connectivity index (χ2v) is 5.67. The van der Waals surface area contributed by atoms with Gasteiger partial charge in [-0.25, -0.2) is 4.68 Å². The highest BCUT2D eigenvalue weighted by atomic mass is 16.5. The minimum absolute atomic E-state index is 0.296. The van der Waals surface area contributed by atoms with Crippen LogP contribution in [-0.4, -0.2) is 46.8 Å². The zero-order valence-electron chi connectivity index (χ0n) is 13.3. The third-order valence-electron chi connectivity index (χ3n) is 4.16. The lowest BCUT2D eigenvalue weighted by Gasteiger charge is -2.35. The first-order valence-electron chi connectivity index (χ1n) is 7.46. The van der Waals surface area contributed by atoms with Crippen LogP contribution in [0.5, 0.6) is 5.75 Å². The molecule has 1 aromatic carbocycles. The van der Waals surface area contributed by atoms with E-state index in [0.717, 1.165) is 31.1 Å². The molecule has 1 unspecified atom stereocenters. The highest BCUT2D eigenvalue weighted by Crippen LogP contribution is 2.22. The standard InChI is InChI=1S/C16H22N4O2/c1-12-16-10-19(8-13-5-4-6-15(7-13)22-3)14(11-21-2)9-20(16)18-17-12/h4-7,14H,8-11H2,1-3H3. The maximum atomic E-state index is 5.39. The van der Waals surface area contributed by atoms with Crippen LogP contribution in [0.3, 0.4) is 0 Å². The molecule has 1 aliphatic heterocycles. The first-order chi connectivity index (χ1) is 10.7.